The Morgan fingerprint density at radius 2 is 1.95 bits per heavy atom. The van der Waals surface area contributed by atoms with Crippen molar-refractivity contribution in [2.24, 2.45) is 17.8 Å². The van der Waals surface area contributed by atoms with Crippen LogP contribution < -0.4 is 9.64 Å². The molecule has 3 aromatic rings. The number of fused-ring (bicyclic) bond motifs is 2. The molecule has 40 heavy (non-hydrogen) atoms. The van der Waals surface area contributed by atoms with Crippen LogP contribution in [0, 0.1) is 36.0 Å². The summed E-state index contributed by atoms with van der Waals surface area (Å²) in [5, 5.41) is 22.5. The van der Waals surface area contributed by atoms with Gasteiger partial charge in [0, 0.05) is 49.2 Å². The predicted molar refractivity (Wildman–Crippen MR) is 153 cm³/mol. The highest BCUT2D eigenvalue weighted by Gasteiger charge is 2.46. The molecular weight excluding hydrogens is 524 g/mol. The van der Waals surface area contributed by atoms with Crippen molar-refractivity contribution in [2.75, 3.05) is 44.3 Å². The van der Waals surface area contributed by atoms with Gasteiger partial charge in [-0.1, -0.05) is 23.8 Å². The molecule has 3 fully saturated rings. The van der Waals surface area contributed by atoms with Gasteiger partial charge in [0.05, 0.1) is 36.5 Å². The maximum atomic E-state index is 11.7. The van der Waals surface area contributed by atoms with E-state index < -0.39 is 5.97 Å². The van der Waals surface area contributed by atoms with Crippen LogP contribution >= 0.6 is 11.3 Å². The number of carboxylic acid groups (broad SMARTS) is 1. The number of rotatable bonds is 8. The normalized spacial score (nSPS) is 22.7. The van der Waals surface area contributed by atoms with Crippen molar-refractivity contribution < 1.29 is 19.4 Å². The molecule has 1 aliphatic carbocycles. The number of ether oxygens (including phenoxy) is 2. The lowest BCUT2D eigenvalue weighted by Crippen LogP contribution is -2.44. The third kappa shape index (κ3) is 5.57. The number of aryl methyl sites for hydroxylation is 1. The number of benzene rings is 2. The summed E-state index contributed by atoms with van der Waals surface area (Å²) in [4.78, 5) is 21.3. The van der Waals surface area contributed by atoms with E-state index in [4.69, 9.17) is 14.5 Å². The molecule has 2 atom stereocenters. The van der Waals surface area contributed by atoms with Crippen LogP contribution in [-0.4, -0.2) is 60.4 Å². The largest absolute Gasteiger partial charge is 0.488 e. The van der Waals surface area contributed by atoms with Crippen LogP contribution in [0.4, 0.5) is 5.13 Å². The summed E-state index contributed by atoms with van der Waals surface area (Å²) in [6, 6.07) is 14.5. The van der Waals surface area contributed by atoms with Gasteiger partial charge in [-0.25, -0.2) is 4.98 Å². The highest BCUT2D eigenvalue weighted by molar-refractivity contribution is 7.14. The average Bonchev–Trinajstić information content (AvgIpc) is 3.56. The molecule has 3 aliphatic rings. The number of nitriles is 1. The van der Waals surface area contributed by atoms with Gasteiger partial charge < -0.3 is 19.5 Å². The Bertz CT molecular complexity index is 1410. The molecule has 0 amide bonds. The fourth-order valence-electron chi connectivity index (χ4n) is 6.41. The quantitative estimate of drug-likeness (QED) is 0.415. The first-order valence-electron chi connectivity index (χ1n) is 14.0. The van der Waals surface area contributed by atoms with Gasteiger partial charge in [0.25, 0.3) is 0 Å². The molecular formula is C31H34N4O4S. The first kappa shape index (κ1) is 26.8. The third-order valence-electron chi connectivity index (χ3n) is 8.48. The highest BCUT2D eigenvalue weighted by Crippen LogP contribution is 2.44. The molecule has 6 rings (SSSR count). The van der Waals surface area contributed by atoms with E-state index in [2.05, 4.69) is 40.3 Å². The van der Waals surface area contributed by atoms with Crippen LogP contribution in [0.1, 0.15) is 35.1 Å². The lowest BCUT2D eigenvalue weighted by molar-refractivity contribution is -0.144. The molecule has 1 saturated carbocycles. The van der Waals surface area contributed by atoms with Gasteiger partial charge in [-0.15, -0.1) is 11.3 Å². The van der Waals surface area contributed by atoms with Crippen molar-refractivity contribution in [1.82, 2.24) is 9.88 Å². The minimum atomic E-state index is -0.653. The highest BCUT2D eigenvalue weighted by atomic mass is 32.1. The summed E-state index contributed by atoms with van der Waals surface area (Å²) in [7, 11) is 0. The molecule has 9 heteroatoms. The zero-order valence-electron chi connectivity index (χ0n) is 22.7. The number of carbonyl (C=O) groups is 1. The second-order valence-electron chi connectivity index (χ2n) is 11.2. The van der Waals surface area contributed by atoms with E-state index in [1.165, 1.54) is 0 Å². The van der Waals surface area contributed by atoms with Gasteiger partial charge in [0.1, 0.15) is 12.4 Å². The van der Waals surface area contributed by atoms with Crippen molar-refractivity contribution >= 4 is 22.4 Å². The van der Waals surface area contributed by atoms with Crippen LogP contribution in [0.5, 0.6) is 5.75 Å². The molecule has 2 bridgehead atoms. The Morgan fingerprint density at radius 3 is 2.67 bits per heavy atom. The van der Waals surface area contributed by atoms with Crippen LogP contribution in [0.2, 0.25) is 0 Å². The Labute approximate surface area is 238 Å². The summed E-state index contributed by atoms with van der Waals surface area (Å²) >= 11 is 1.60. The van der Waals surface area contributed by atoms with Gasteiger partial charge in [0.2, 0.25) is 0 Å². The van der Waals surface area contributed by atoms with Crippen molar-refractivity contribution in [1.29, 1.82) is 5.26 Å². The molecule has 2 aromatic carbocycles. The Balaban J connectivity index is 1.17. The fraction of sp³-hybridized carbons (Fsp3) is 0.452. The summed E-state index contributed by atoms with van der Waals surface area (Å²) in [6.07, 6.45) is 1.95. The maximum absolute atomic E-state index is 11.7. The van der Waals surface area contributed by atoms with E-state index >= 15 is 0 Å². The topological polar surface area (TPSA) is 98.9 Å². The number of aliphatic carboxylic acids is 1. The standard InChI is InChI=1S/C31H34N4O4S/c1-20-2-7-28(39-18-24-4-3-21(13-25(24)14-32)15-34-8-10-38-11-9-34)26(12-20)27-19-40-31(33-27)35-16-22-5-6-23(17-35)29(22)30(36)37/h2-4,7,12-13,19,22-23,29H,5-6,8-11,15-18H2,1H3,(H,36,37). The van der Waals surface area contributed by atoms with E-state index in [0.29, 0.717) is 12.2 Å². The van der Waals surface area contributed by atoms with E-state index in [1.807, 2.05) is 24.3 Å². The van der Waals surface area contributed by atoms with E-state index in [1.54, 1.807) is 11.3 Å². The van der Waals surface area contributed by atoms with Crippen molar-refractivity contribution in [3.63, 3.8) is 0 Å². The molecule has 8 nitrogen and oxygen atoms in total. The van der Waals surface area contributed by atoms with E-state index in [0.717, 1.165) is 97.6 Å². The minimum absolute atomic E-state index is 0.191. The monoisotopic (exact) mass is 558 g/mol. The Morgan fingerprint density at radius 1 is 1.18 bits per heavy atom. The molecule has 2 unspecified atom stereocenters. The van der Waals surface area contributed by atoms with Gasteiger partial charge in [-0.3, -0.25) is 9.69 Å². The number of anilines is 1. The molecule has 1 aromatic heterocycles. The van der Waals surface area contributed by atoms with Crippen molar-refractivity contribution in [3.8, 4) is 23.1 Å². The zero-order chi connectivity index (χ0) is 27.6. The van der Waals surface area contributed by atoms with E-state index in [9.17, 15) is 15.2 Å². The summed E-state index contributed by atoms with van der Waals surface area (Å²) in [6.45, 7) is 7.96. The lowest BCUT2D eigenvalue weighted by atomic mass is 9.85. The number of carboxylic acids is 1. The minimum Gasteiger partial charge on any atom is -0.488 e. The summed E-state index contributed by atoms with van der Waals surface area (Å²) < 4.78 is 11.8. The molecule has 3 heterocycles. The number of thiazole rings is 1. The molecule has 208 valence electrons. The first-order chi connectivity index (χ1) is 19.5. The molecule has 0 radical (unpaired) electrons. The van der Waals surface area contributed by atoms with Gasteiger partial charge in [-0.05, 0) is 55.4 Å². The van der Waals surface area contributed by atoms with Crippen LogP contribution in [0.25, 0.3) is 11.3 Å². The van der Waals surface area contributed by atoms with Gasteiger partial charge in [0.15, 0.2) is 5.13 Å². The second kappa shape index (κ2) is 11.6. The Hall–Kier alpha value is -3.45. The number of piperidine rings is 1. The number of hydrogen-bond acceptors (Lipinski definition) is 8. The summed E-state index contributed by atoms with van der Waals surface area (Å²) in [5.74, 6) is 0.236. The van der Waals surface area contributed by atoms with E-state index in [-0.39, 0.29) is 17.8 Å². The van der Waals surface area contributed by atoms with Crippen LogP contribution in [0.15, 0.2) is 41.8 Å². The van der Waals surface area contributed by atoms with Crippen LogP contribution in [0.3, 0.4) is 0 Å². The molecule has 1 N–H and O–H groups in total. The summed E-state index contributed by atoms with van der Waals surface area (Å²) in [5.41, 5.74) is 5.50. The average molecular weight is 559 g/mol. The number of morpholine rings is 1. The van der Waals surface area contributed by atoms with Gasteiger partial charge in [-0.2, -0.15) is 5.26 Å². The number of nitrogens with zero attached hydrogens (tertiary/aromatic N) is 4. The molecule has 2 saturated heterocycles. The second-order valence-corrected chi connectivity index (χ2v) is 12.0. The Kier molecular flexibility index (Phi) is 7.74. The third-order valence-corrected chi connectivity index (χ3v) is 9.38. The maximum Gasteiger partial charge on any atom is 0.307 e. The van der Waals surface area contributed by atoms with Gasteiger partial charge >= 0.3 is 5.97 Å². The SMILES string of the molecule is Cc1ccc(OCc2ccc(CN3CCOCC3)cc2C#N)c(-c2csc(N3CC4CCC(C3)C4C(=O)O)n2)c1. The number of aromatic nitrogens is 1. The van der Waals surface area contributed by atoms with Crippen LogP contribution in [-0.2, 0) is 22.7 Å². The number of hydrogen-bond donors (Lipinski definition) is 1. The molecule has 0 spiro atoms. The fourth-order valence-corrected chi connectivity index (χ4v) is 7.26. The first-order valence-corrected chi connectivity index (χ1v) is 14.9. The lowest BCUT2D eigenvalue weighted by Gasteiger charge is -2.35. The van der Waals surface area contributed by atoms with Crippen molar-refractivity contribution in [2.45, 2.75) is 32.9 Å². The van der Waals surface area contributed by atoms with Crippen molar-refractivity contribution in [3.05, 3.63) is 64.0 Å². The smallest absolute Gasteiger partial charge is 0.307 e. The predicted octanol–water partition coefficient (Wildman–Crippen LogP) is 4.95. The zero-order valence-corrected chi connectivity index (χ0v) is 23.5. The molecule has 2 aliphatic heterocycles.